The monoisotopic (exact) mass is 522 g/mol. The molecule has 0 aromatic rings. The second-order valence-electron chi connectivity index (χ2n) is 12.6. The third kappa shape index (κ3) is 16.1. The van der Waals surface area contributed by atoms with E-state index in [1.165, 1.54) is 116 Å². The predicted molar refractivity (Wildman–Crippen MR) is 163 cm³/mol. The van der Waals surface area contributed by atoms with Crippen molar-refractivity contribution in [3.63, 3.8) is 0 Å². The molecule has 0 aliphatic heterocycles. The normalized spacial score (nSPS) is 13.6. The molecule has 0 saturated heterocycles. The molecule has 2 N–H and O–H groups in total. The summed E-state index contributed by atoms with van der Waals surface area (Å²) in [7, 11) is 0. The third-order valence-electron chi connectivity index (χ3n) is 9.11. The van der Waals surface area contributed by atoms with Crippen molar-refractivity contribution in [3.05, 3.63) is 0 Å². The zero-order chi connectivity index (χ0) is 27.8. The van der Waals surface area contributed by atoms with E-state index in [1.54, 1.807) is 0 Å². The average Bonchev–Trinajstić information content (AvgIpc) is 2.89. The number of unbranched alkanes of at least 4 members (excludes halogenated alkanes) is 20. The molecule has 37 heavy (non-hydrogen) atoms. The van der Waals surface area contributed by atoms with Crippen molar-refractivity contribution in [3.8, 4) is 0 Å². The zero-order valence-electron chi connectivity index (χ0n) is 26.1. The Hall–Kier alpha value is -0.700. The van der Waals surface area contributed by atoms with Gasteiger partial charge in [-0.05, 0) is 12.8 Å². The minimum Gasteiger partial charge on any atom is -0.329 e. The van der Waals surface area contributed by atoms with Crippen LogP contribution in [0.25, 0.3) is 0 Å². The fourth-order valence-corrected chi connectivity index (χ4v) is 5.51. The fraction of sp³-hybridized carbons (Fsp3) is 0.941. The van der Waals surface area contributed by atoms with Gasteiger partial charge in [-0.2, -0.15) is 0 Å². The third-order valence-corrected chi connectivity index (χ3v) is 9.11. The van der Waals surface area contributed by atoms with E-state index < -0.39 is 10.8 Å². The number of carbonyl (C=O) groups excluding carboxylic acids is 2. The molecule has 1 unspecified atom stereocenters. The lowest BCUT2D eigenvalue weighted by Gasteiger charge is -2.41. The van der Waals surface area contributed by atoms with Crippen LogP contribution in [0.15, 0.2) is 0 Å². The Kier molecular flexibility index (Phi) is 22.8. The summed E-state index contributed by atoms with van der Waals surface area (Å²) in [5.74, 6) is 0.395. The van der Waals surface area contributed by atoms with E-state index in [-0.39, 0.29) is 18.1 Å². The van der Waals surface area contributed by atoms with Crippen molar-refractivity contribution in [1.29, 1.82) is 0 Å². The molecule has 0 aliphatic rings. The number of carbonyl (C=O) groups is 2. The Balaban J connectivity index is 4.13. The van der Waals surface area contributed by atoms with Gasteiger partial charge in [-0.25, -0.2) is 0 Å². The maximum absolute atomic E-state index is 13.2. The van der Waals surface area contributed by atoms with E-state index in [1.807, 2.05) is 20.8 Å². The number of nitrogens with two attached hydrogens (primary N) is 1. The highest BCUT2D eigenvalue weighted by Gasteiger charge is 2.49. The summed E-state index contributed by atoms with van der Waals surface area (Å²) >= 11 is 0. The summed E-state index contributed by atoms with van der Waals surface area (Å²) in [6.45, 7) is 10.6. The number of ketones is 2. The van der Waals surface area contributed by atoms with Crippen molar-refractivity contribution in [1.82, 2.24) is 0 Å². The average molecular weight is 522 g/mol. The summed E-state index contributed by atoms with van der Waals surface area (Å²) in [5, 5.41) is 0. The minimum atomic E-state index is -0.764. The van der Waals surface area contributed by atoms with Crippen LogP contribution in [0.1, 0.15) is 189 Å². The summed E-state index contributed by atoms with van der Waals surface area (Å²) in [6.07, 6.45) is 29.2. The van der Waals surface area contributed by atoms with Crippen LogP contribution in [0, 0.1) is 10.8 Å². The molecule has 3 heteroatoms. The van der Waals surface area contributed by atoms with Crippen LogP contribution < -0.4 is 5.73 Å². The van der Waals surface area contributed by atoms with Gasteiger partial charge in [0.2, 0.25) is 0 Å². The Morgan fingerprint density at radius 2 is 0.730 bits per heavy atom. The second-order valence-corrected chi connectivity index (χ2v) is 12.6. The van der Waals surface area contributed by atoms with E-state index in [9.17, 15) is 9.59 Å². The van der Waals surface area contributed by atoms with Crippen molar-refractivity contribution in [2.45, 2.75) is 189 Å². The maximum atomic E-state index is 13.2. The van der Waals surface area contributed by atoms with E-state index in [2.05, 4.69) is 13.8 Å². The van der Waals surface area contributed by atoms with Crippen LogP contribution in [-0.4, -0.2) is 18.1 Å². The van der Waals surface area contributed by atoms with Gasteiger partial charge in [0.25, 0.3) is 0 Å². The lowest BCUT2D eigenvalue weighted by Crippen LogP contribution is -2.51. The molecule has 0 fully saturated rings. The van der Waals surface area contributed by atoms with Crippen molar-refractivity contribution in [2.24, 2.45) is 16.6 Å². The van der Waals surface area contributed by atoms with Gasteiger partial charge in [0.15, 0.2) is 0 Å². The molecule has 0 rings (SSSR count). The Bertz CT molecular complexity index is 556. The van der Waals surface area contributed by atoms with Gasteiger partial charge in [-0.3, -0.25) is 9.59 Å². The summed E-state index contributed by atoms with van der Waals surface area (Å²) in [5.41, 5.74) is 4.69. The van der Waals surface area contributed by atoms with Crippen molar-refractivity contribution >= 4 is 11.6 Å². The highest BCUT2D eigenvalue weighted by Crippen LogP contribution is 2.42. The van der Waals surface area contributed by atoms with E-state index in [0.717, 1.165) is 25.7 Å². The molecular formula is C34H67NO2. The molecule has 1 atom stereocenters. The number of hydrogen-bond donors (Lipinski definition) is 1. The van der Waals surface area contributed by atoms with Gasteiger partial charge >= 0.3 is 0 Å². The molecule has 0 saturated carbocycles. The van der Waals surface area contributed by atoms with E-state index in [4.69, 9.17) is 5.73 Å². The number of Topliss-reactive ketones (excluding diaryl/α,β-unsaturated/α-hetero) is 2. The van der Waals surface area contributed by atoms with Crippen LogP contribution in [0.5, 0.6) is 0 Å². The zero-order valence-corrected chi connectivity index (χ0v) is 26.1. The van der Waals surface area contributed by atoms with Crippen LogP contribution in [0.2, 0.25) is 0 Å². The van der Waals surface area contributed by atoms with Gasteiger partial charge < -0.3 is 5.73 Å². The van der Waals surface area contributed by atoms with Crippen LogP contribution in [0.4, 0.5) is 0 Å². The van der Waals surface area contributed by atoms with Crippen LogP contribution >= 0.6 is 0 Å². The first-order valence-electron chi connectivity index (χ1n) is 16.5. The van der Waals surface area contributed by atoms with Gasteiger partial charge in [-0.1, -0.05) is 163 Å². The molecular weight excluding hydrogens is 454 g/mol. The smallest absolute Gasteiger partial charge is 0.141 e. The first-order chi connectivity index (χ1) is 17.8. The molecule has 0 aliphatic carbocycles. The SMILES string of the molecule is CCCCCCCCCCCCCC(=O)C(C)(C)C(C)(CN)C(=O)CCCCCCCCCCCCC. The topological polar surface area (TPSA) is 60.2 Å². The minimum absolute atomic E-state index is 0.184. The molecule has 220 valence electrons. The van der Waals surface area contributed by atoms with Gasteiger partial charge in [0, 0.05) is 24.8 Å². The quantitative estimate of drug-likeness (QED) is 0.104. The Morgan fingerprint density at radius 1 is 0.459 bits per heavy atom. The van der Waals surface area contributed by atoms with Crippen LogP contribution in [0.3, 0.4) is 0 Å². The number of rotatable bonds is 28. The molecule has 0 heterocycles. The highest BCUT2D eigenvalue weighted by atomic mass is 16.1. The van der Waals surface area contributed by atoms with Crippen molar-refractivity contribution in [2.75, 3.05) is 6.54 Å². The van der Waals surface area contributed by atoms with E-state index in [0.29, 0.717) is 12.8 Å². The Morgan fingerprint density at radius 3 is 1.03 bits per heavy atom. The molecule has 0 spiro atoms. The summed E-state index contributed by atoms with van der Waals surface area (Å²) < 4.78 is 0. The maximum Gasteiger partial charge on any atom is 0.141 e. The number of hydrogen-bond acceptors (Lipinski definition) is 3. The molecule has 3 nitrogen and oxygen atoms in total. The van der Waals surface area contributed by atoms with Gasteiger partial charge in [0.1, 0.15) is 11.6 Å². The molecule has 0 amide bonds. The Labute approximate surface area is 232 Å². The van der Waals surface area contributed by atoms with Crippen LogP contribution in [-0.2, 0) is 9.59 Å². The first kappa shape index (κ1) is 36.3. The summed E-state index contributed by atoms with van der Waals surface area (Å²) in [4.78, 5) is 26.4. The lowest BCUT2D eigenvalue weighted by atomic mass is 9.60. The highest BCUT2D eigenvalue weighted by molar-refractivity contribution is 5.94. The molecule has 0 radical (unpaired) electrons. The molecule has 0 aromatic heterocycles. The predicted octanol–water partition coefficient (Wildman–Crippen LogP) is 10.5. The standard InChI is InChI=1S/C34H67NO2/c1-6-8-10-12-14-16-18-20-22-24-26-28-31(36)33(3,4)34(5,30-35)32(37)29-27-25-23-21-19-17-15-13-11-9-7-2/h6-30,35H2,1-5H3. The first-order valence-corrected chi connectivity index (χ1v) is 16.5. The van der Waals surface area contributed by atoms with Crippen molar-refractivity contribution < 1.29 is 9.59 Å². The van der Waals surface area contributed by atoms with E-state index >= 15 is 0 Å². The lowest BCUT2D eigenvalue weighted by molar-refractivity contribution is -0.145. The second kappa shape index (κ2) is 23.2. The van der Waals surface area contributed by atoms with Gasteiger partial charge in [0.05, 0.1) is 5.41 Å². The largest absolute Gasteiger partial charge is 0.329 e. The molecule has 0 bridgehead atoms. The molecule has 0 aromatic carbocycles. The fourth-order valence-electron chi connectivity index (χ4n) is 5.51. The summed E-state index contributed by atoms with van der Waals surface area (Å²) in [6, 6.07) is 0. The van der Waals surface area contributed by atoms with Gasteiger partial charge in [-0.15, -0.1) is 0 Å².